The third kappa shape index (κ3) is 3.56. The van der Waals surface area contributed by atoms with E-state index in [1.165, 1.54) is 7.11 Å². The van der Waals surface area contributed by atoms with Crippen LogP contribution in [0.5, 0.6) is 0 Å². The molecule has 1 aliphatic carbocycles. The average molecular weight is 267 g/mol. The van der Waals surface area contributed by atoms with Gasteiger partial charge in [-0.05, 0) is 39.5 Å². The maximum Gasteiger partial charge on any atom is 0.308 e. The molecule has 1 aromatic rings. The lowest BCUT2D eigenvalue weighted by molar-refractivity contribution is -0.147. The fourth-order valence-electron chi connectivity index (χ4n) is 2.42. The van der Waals surface area contributed by atoms with Crippen LogP contribution in [0, 0.1) is 19.8 Å². The highest BCUT2D eigenvalue weighted by Crippen LogP contribution is 2.27. The van der Waals surface area contributed by atoms with Crippen LogP contribution in [0.3, 0.4) is 0 Å². The van der Waals surface area contributed by atoms with Gasteiger partial charge in [-0.2, -0.15) is 0 Å². The zero-order valence-electron chi connectivity index (χ0n) is 11.8. The molecule has 1 fully saturated rings. The number of aromatic nitrogens is 1. The maximum atomic E-state index is 11.4. The number of esters is 1. The van der Waals surface area contributed by atoms with Crippen molar-refractivity contribution in [2.45, 2.75) is 52.2 Å². The van der Waals surface area contributed by atoms with Gasteiger partial charge in [0.1, 0.15) is 12.4 Å². The van der Waals surface area contributed by atoms with Gasteiger partial charge in [0.25, 0.3) is 0 Å². The molecule has 2 rings (SSSR count). The van der Waals surface area contributed by atoms with E-state index in [0.29, 0.717) is 12.5 Å². The highest BCUT2D eigenvalue weighted by molar-refractivity contribution is 5.72. The highest BCUT2D eigenvalue weighted by atomic mass is 16.5. The topological polar surface area (TPSA) is 61.6 Å². The summed E-state index contributed by atoms with van der Waals surface area (Å²) >= 11 is 0. The third-order valence-corrected chi connectivity index (χ3v) is 3.72. The molecular weight excluding hydrogens is 246 g/mol. The van der Waals surface area contributed by atoms with Gasteiger partial charge in [0.05, 0.1) is 24.8 Å². The number of rotatable bonds is 4. The van der Waals surface area contributed by atoms with E-state index < -0.39 is 0 Å². The van der Waals surface area contributed by atoms with Gasteiger partial charge in [-0.25, -0.2) is 4.98 Å². The second-order valence-corrected chi connectivity index (χ2v) is 5.06. The third-order valence-electron chi connectivity index (χ3n) is 3.72. The number of aryl methyl sites for hydroxylation is 2. The van der Waals surface area contributed by atoms with Gasteiger partial charge >= 0.3 is 5.97 Å². The fraction of sp³-hybridized carbons (Fsp3) is 0.714. The first-order chi connectivity index (χ1) is 9.10. The minimum absolute atomic E-state index is 0.0380. The first-order valence-corrected chi connectivity index (χ1v) is 6.72. The van der Waals surface area contributed by atoms with E-state index in [2.05, 4.69) is 4.98 Å². The fourth-order valence-corrected chi connectivity index (χ4v) is 2.42. The molecule has 1 aromatic heterocycles. The van der Waals surface area contributed by atoms with Crippen LogP contribution >= 0.6 is 0 Å². The van der Waals surface area contributed by atoms with Gasteiger partial charge in [0.15, 0.2) is 0 Å². The molecule has 1 saturated carbocycles. The molecule has 5 nitrogen and oxygen atoms in total. The second-order valence-electron chi connectivity index (χ2n) is 5.06. The molecule has 0 N–H and O–H groups in total. The van der Waals surface area contributed by atoms with Crippen molar-refractivity contribution in [3.8, 4) is 0 Å². The van der Waals surface area contributed by atoms with E-state index in [9.17, 15) is 4.79 Å². The van der Waals surface area contributed by atoms with Crippen LogP contribution in [0.1, 0.15) is 43.0 Å². The number of ether oxygens (including phenoxy) is 2. The Labute approximate surface area is 113 Å². The van der Waals surface area contributed by atoms with Crippen molar-refractivity contribution in [2.75, 3.05) is 7.11 Å². The van der Waals surface area contributed by atoms with E-state index in [4.69, 9.17) is 13.9 Å². The van der Waals surface area contributed by atoms with Crippen LogP contribution in [0.25, 0.3) is 0 Å². The highest BCUT2D eigenvalue weighted by Gasteiger charge is 2.27. The summed E-state index contributed by atoms with van der Waals surface area (Å²) in [5, 5.41) is 0. The number of carbonyl (C=O) groups excluding carboxylic acids is 1. The van der Waals surface area contributed by atoms with Gasteiger partial charge in [0.2, 0.25) is 5.89 Å². The smallest absolute Gasteiger partial charge is 0.308 e. The zero-order valence-corrected chi connectivity index (χ0v) is 11.8. The predicted molar refractivity (Wildman–Crippen MR) is 68.5 cm³/mol. The quantitative estimate of drug-likeness (QED) is 0.784. The van der Waals surface area contributed by atoms with Gasteiger partial charge in [0, 0.05) is 0 Å². The van der Waals surface area contributed by atoms with Gasteiger partial charge in [-0.1, -0.05) is 0 Å². The molecule has 0 unspecified atom stereocenters. The summed E-state index contributed by atoms with van der Waals surface area (Å²) in [7, 11) is 1.44. The summed E-state index contributed by atoms with van der Waals surface area (Å²) in [4.78, 5) is 15.7. The van der Waals surface area contributed by atoms with Gasteiger partial charge < -0.3 is 13.9 Å². The van der Waals surface area contributed by atoms with Gasteiger partial charge in [-0.15, -0.1) is 0 Å². The standard InChI is InChI=1S/C14H21NO4/c1-9-10(2)19-13(15-9)8-18-12-6-4-11(5-7-12)14(16)17-3/h11-12H,4-8H2,1-3H3. The first kappa shape index (κ1) is 14.1. The van der Waals surface area contributed by atoms with Crippen LogP contribution in [0.2, 0.25) is 0 Å². The van der Waals surface area contributed by atoms with Crippen molar-refractivity contribution in [3.05, 3.63) is 17.3 Å². The lowest BCUT2D eigenvalue weighted by Gasteiger charge is -2.26. The van der Waals surface area contributed by atoms with E-state index in [1.807, 2.05) is 13.8 Å². The predicted octanol–water partition coefficient (Wildman–Crippen LogP) is 2.54. The van der Waals surface area contributed by atoms with Crippen LogP contribution in [-0.4, -0.2) is 24.2 Å². The van der Waals surface area contributed by atoms with Crippen molar-refractivity contribution in [1.82, 2.24) is 4.98 Å². The molecule has 19 heavy (non-hydrogen) atoms. The molecule has 1 aliphatic rings. The molecule has 106 valence electrons. The average Bonchev–Trinajstić information content (AvgIpc) is 2.75. The van der Waals surface area contributed by atoms with Gasteiger partial charge in [-0.3, -0.25) is 4.79 Å². The SMILES string of the molecule is COC(=O)C1CCC(OCc2nc(C)c(C)o2)CC1. The number of carbonyl (C=O) groups is 1. The molecule has 5 heteroatoms. The molecular formula is C14H21NO4. The number of hydrogen-bond donors (Lipinski definition) is 0. The monoisotopic (exact) mass is 267 g/mol. The minimum Gasteiger partial charge on any atom is -0.469 e. The Morgan fingerprint density at radius 2 is 2.00 bits per heavy atom. The molecule has 0 aliphatic heterocycles. The molecule has 0 radical (unpaired) electrons. The number of methoxy groups -OCH3 is 1. The summed E-state index contributed by atoms with van der Waals surface area (Å²) in [6, 6.07) is 0. The number of hydrogen-bond acceptors (Lipinski definition) is 5. The summed E-state index contributed by atoms with van der Waals surface area (Å²) < 4.78 is 16.0. The van der Waals surface area contributed by atoms with E-state index >= 15 is 0 Å². The number of nitrogens with zero attached hydrogens (tertiary/aromatic N) is 1. The van der Waals surface area contributed by atoms with Crippen LogP contribution in [0.4, 0.5) is 0 Å². The van der Waals surface area contributed by atoms with Crippen molar-refractivity contribution in [2.24, 2.45) is 5.92 Å². The Morgan fingerprint density at radius 3 is 2.53 bits per heavy atom. The van der Waals surface area contributed by atoms with E-state index in [-0.39, 0.29) is 18.0 Å². The van der Waals surface area contributed by atoms with Crippen LogP contribution in [0.15, 0.2) is 4.42 Å². The van der Waals surface area contributed by atoms with Crippen LogP contribution in [-0.2, 0) is 20.9 Å². The second kappa shape index (κ2) is 6.19. The van der Waals surface area contributed by atoms with Crippen molar-refractivity contribution in [1.29, 1.82) is 0 Å². The maximum absolute atomic E-state index is 11.4. The minimum atomic E-state index is -0.0996. The molecule has 0 spiro atoms. The first-order valence-electron chi connectivity index (χ1n) is 6.72. The Bertz CT molecular complexity index is 413. The summed E-state index contributed by atoms with van der Waals surface area (Å²) in [5.74, 6) is 1.41. The summed E-state index contributed by atoms with van der Waals surface area (Å²) in [6.07, 6.45) is 3.63. The van der Waals surface area contributed by atoms with Crippen LogP contribution < -0.4 is 0 Å². The Morgan fingerprint density at radius 1 is 1.32 bits per heavy atom. The van der Waals surface area contributed by atoms with Crippen molar-refractivity contribution in [3.63, 3.8) is 0 Å². The van der Waals surface area contributed by atoms with Crippen molar-refractivity contribution >= 4 is 5.97 Å². The Balaban J connectivity index is 1.75. The molecule has 0 saturated heterocycles. The lowest BCUT2D eigenvalue weighted by Crippen LogP contribution is -2.26. The summed E-state index contributed by atoms with van der Waals surface area (Å²) in [6.45, 7) is 4.22. The molecule has 1 heterocycles. The zero-order chi connectivity index (χ0) is 13.8. The lowest BCUT2D eigenvalue weighted by atomic mass is 9.87. The van der Waals surface area contributed by atoms with Crippen molar-refractivity contribution < 1.29 is 18.7 Å². The molecule has 0 aromatic carbocycles. The van der Waals surface area contributed by atoms with E-state index in [1.54, 1.807) is 0 Å². The molecule has 0 amide bonds. The normalized spacial score (nSPS) is 23.3. The molecule has 0 bridgehead atoms. The summed E-state index contributed by atoms with van der Waals surface area (Å²) in [5.41, 5.74) is 0.910. The number of oxazole rings is 1. The largest absolute Gasteiger partial charge is 0.469 e. The Hall–Kier alpha value is -1.36. The Kier molecular flexibility index (Phi) is 4.58. The molecule has 0 atom stereocenters. The van der Waals surface area contributed by atoms with E-state index in [0.717, 1.165) is 37.1 Å².